The molecule has 1 aliphatic rings. The van der Waals surface area contributed by atoms with Gasteiger partial charge in [-0.05, 0) is 38.1 Å². The molecular formula is C15H19NO2. The van der Waals surface area contributed by atoms with E-state index in [9.17, 15) is 0 Å². The van der Waals surface area contributed by atoms with Gasteiger partial charge in [0.25, 0.3) is 0 Å². The van der Waals surface area contributed by atoms with Crippen LogP contribution in [0.5, 0.6) is 11.5 Å². The Morgan fingerprint density at radius 1 is 1.28 bits per heavy atom. The second-order valence-corrected chi connectivity index (χ2v) is 4.63. The van der Waals surface area contributed by atoms with Crippen molar-refractivity contribution in [2.45, 2.75) is 18.9 Å². The van der Waals surface area contributed by atoms with Crippen LogP contribution in [0.4, 0.5) is 0 Å². The average Bonchev–Trinajstić information content (AvgIpc) is 2.41. The molecule has 0 atom stereocenters. The molecule has 2 rings (SSSR count). The molecule has 3 nitrogen and oxygen atoms in total. The number of terminal acetylenes is 1. The lowest BCUT2D eigenvalue weighted by atomic mass is 10.1. The topological polar surface area (TPSA) is 21.7 Å². The number of methoxy groups -OCH3 is 1. The Morgan fingerprint density at radius 3 is 2.61 bits per heavy atom. The Kier molecular flexibility index (Phi) is 4.11. The van der Waals surface area contributed by atoms with Crippen molar-refractivity contribution >= 4 is 0 Å². The second-order valence-electron chi connectivity index (χ2n) is 4.63. The van der Waals surface area contributed by atoms with Crippen molar-refractivity contribution in [2.75, 3.05) is 27.2 Å². The zero-order valence-electron chi connectivity index (χ0n) is 11.0. The molecule has 96 valence electrons. The molecule has 1 fully saturated rings. The van der Waals surface area contributed by atoms with E-state index < -0.39 is 0 Å². The summed E-state index contributed by atoms with van der Waals surface area (Å²) in [4.78, 5) is 2.31. The van der Waals surface area contributed by atoms with Crippen LogP contribution in [0.25, 0.3) is 0 Å². The normalized spacial score (nSPS) is 17.2. The standard InChI is InChI=1S/C15H19NO2/c1-4-12-5-6-14(17-3)15(11-12)18-13-7-9-16(2)10-8-13/h1,5-6,11,13H,7-10H2,2-3H3. The molecule has 1 saturated heterocycles. The van der Waals surface area contributed by atoms with Crippen molar-refractivity contribution in [3.05, 3.63) is 23.8 Å². The number of hydrogen-bond donors (Lipinski definition) is 0. The molecule has 0 bridgehead atoms. The highest BCUT2D eigenvalue weighted by Gasteiger charge is 2.19. The Bertz CT molecular complexity index is 442. The minimum Gasteiger partial charge on any atom is -0.493 e. The minimum absolute atomic E-state index is 0.253. The summed E-state index contributed by atoms with van der Waals surface area (Å²) in [5.41, 5.74) is 0.818. The van der Waals surface area contributed by atoms with Gasteiger partial charge in [-0.3, -0.25) is 0 Å². The maximum Gasteiger partial charge on any atom is 0.162 e. The van der Waals surface area contributed by atoms with Crippen LogP contribution in [0.15, 0.2) is 18.2 Å². The number of likely N-dealkylation sites (tertiary alicyclic amines) is 1. The van der Waals surface area contributed by atoms with Gasteiger partial charge in [0.2, 0.25) is 0 Å². The van der Waals surface area contributed by atoms with E-state index in [1.807, 2.05) is 18.2 Å². The average molecular weight is 245 g/mol. The molecule has 1 aliphatic heterocycles. The van der Waals surface area contributed by atoms with E-state index in [0.29, 0.717) is 0 Å². The SMILES string of the molecule is C#Cc1ccc(OC)c(OC2CCN(C)CC2)c1. The number of hydrogen-bond acceptors (Lipinski definition) is 3. The van der Waals surface area contributed by atoms with Crippen molar-refractivity contribution < 1.29 is 9.47 Å². The van der Waals surface area contributed by atoms with Crippen LogP contribution in [0.3, 0.4) is 0 Å². The molecule has 0 saturated carbocycles. The number of nitrogens with zero attached hydrogens (tertiary/aromatic N) is 1. The van der Waals surface area contributed by atoms with E-state index in [2.05, 4.69) is 17.9 Å². The summed E-state index contributed by atoms with van der Waals surface area (Å²) in [6.07, 6.45) is 7.74. The van der Waals surface area contributed by atoms with Crippen LogP contribution < -0.4 is 9.47 Å². The van der Waals surface area contributed by atoms with E-state index in [0.717, 1.165) is 43.0 Å². The van der Waals surface area contributed by atoms with Crippen LogP contribution in [0.1, 0.15) is 18.4 Å². The molecule has 0 unspecified atom stereocenters. The monoisotopic (exact) mass is 245 g/mol. The fraction of sp³-hybridized carbons (Fsp3) is 0.467. The quantitative estimate of drug-likeness (QED) is 0.762. The first kappa shape index (κ1) is 12.8. The highest BCUT2D eigenvalue weighted by molar-refractivity contribution is 5.47. The molecule has 0 N–H and O–H groups in total. The molecule has 0 aromatic heterocycles. The highest BCUT2D eigenvalue weighted by atomic mass is 16.5. The second kappa shape index (κ2) is 5.79. The van der Waals surface area contributed by atoms with Gasteiger partial charge in [0.1, 0.15) is 6.10 Å². The Labute approximate surface area is 109 Å². The van der Waals surface area contributed by atoms with E-state index in [1.54, 1.807) is 7.11 Å². The van der Waals surface area contributed by atoms with Gasteiger partial charge in [-0.25, -0.2) is 0 Å². The van der Waals surface area contributed by atoms with Gasteiger partial charge in [-0.15, -0.1) is 6.42 Å². The summed E-state index contributed by atoms with van der Waals surface area (Å²) < 4.78 is 11.3. The largest absolute Gasteiger partial charge is 0.493 e. The Hall–Kier alpha value is -1.66. The summed E-state index contributed by atoms with van der Waals surface area (Å²) >= 11 is 0. The first-order valence-electron chi connectivity index (χ1n) is 6.23. The van der Waals surface area contributed by atoms with E-state index >= 15 is 0 Å². The lowest BCUT2D eigenvalue weighted by molar-refractivity contribution is 0.111. The van der Waals surface area contributed by atoms with Gasteiger partial charge in [0.15, 0.2) is 11.5 Å². The third kappa shape index (κ3) is 2.96. The van der Waals surface area contributed by atoms with E-state index in [-0.39, 0.29) is 6.10 Å². The predicted molar refractivity (Wildman–Crippen MR) is 72.1 cm³/mol. The zero-order chi connectivity index (χ0) is 13.0. The van der Waals surface area contributed by atoms with Crippen molar-refractivity contribution in [2.24, 2.45) is 0 Å². The molecule has 0 radical (unpaired) electrons. The molecule has 18 heavy (non-hydrogen) atoms. The Morgan fingerprint density at radius 2 is 2.00 bits per heavy atom. The summed E-state index contributed by atoms with van der Waals surface area (Å²) in [6, 6.07) is 5.59. The molecular weight excluding hydrogens is 226 g/mol. The van der Waals surface area contributed by atoms with Gasteiger partial charge in [-0.1, -0.05) is 5.92 Å². The van der Waals surface area contributed by atoms with Crippen LogP contribution in [-0.2, 0) is 0 Å². The van der Waals surface area contributed by atoms with Crippen LogP contribution in [0, 0.1) is 12.3 Å². The van der Waals surface area contributed by atoms with Gasteiger partial charge in [0, 0.05) is 18.7 Å². The fourth-order valence-corrected chi connectivity index (χ4v) is 2.14. The van der Waals surface area contributed by atoms with E-state index in [1.165, 1.54) is 0 Å². The Balaban J connectivity index is 2.10. The molecule has 1 aromatic carbocycles. The lowest BCUT2D eigenvalue weighted by Gasteiger charge is -2.29. The molecule has 1 heterocycles. The minimum atomic E-state index is 0.253. The summed E-state index contributed by atoms with van der Waals surface area (Å²) in [7, 11) is 3.78. The third-order valence-corrected chi connectivity index (χ3v) is 3.29. The van der Waals surface area contributed by atoms with E-state index in [4.69, 9.17) is 15.9 Å². The van der Waals surface area contributed by atoms with Crippen molar-refractivity contribution in [1.29, 1.82) is 0 Å². The first-order chi connectivity index (χ1) is 8.72. The highest BCUT2D eigenvalue weighted by Crippen LogP contribution is 2.30. The number of piperidine rings is 1. The molecule has 1 aromatic rings. The number of ether oxygens (including phenoxy) is 2. The fourth-order valence-electron chi connectivity index (χ4n) is 2.14. The van der Waals surface area contributed by atoms with Crippen molar-refractivity contribution in [3.8, 4) is 23.8 Å². The van der Waals surface area contributed by atoms with Gasteiger partial charge >= 0.3 is 0 Å². The molecule has 3 heteroatoms. The lowest BCUT2D eigenvalue weighted by Crippen LogP contribution is -2.35. The number of benzene rings is 1. The predicted octanol–water partition coefficient (Wildman–Crippen LogP) is 2.15. The van der Waals surface area contributed by atoms with Gasteiger partial charge in [-0.2, -0.15) is 0 Å². The molecule has 0 amide bonds. The summed E-state index contributed by atoms with van der Waals surface area (Å²) in [6.45, 7) is 2.14. The molecule has 0 aliphatic carbocycles. The summed E-state index contributed by atoms with van der Waals surface area (Å²) in [5, 5.41) is 0. The smallest absolute Gasteiger partial charge is 0.162 e. The number of rotatable bonds is 3. The van der Waals surface area contributed by atoms with Gasteiger partial charge in [0.05, 0.1) is 7.11 Å². The van der Waals surface area contributed by atoms with Crippen molar-refractivity contribution in [3.63, 3.8) is 0 Å². The maximum atomic E-state index is 6.02. The summed E-state index contributed by atoms with van der Waals surface area (Å²) in [5.74, 6) is 4.11. The van der Waals surface area contributed by atoms with Crippen LogP contribution in [0.2, 0.25) is 0 Å². The zero-order valence-corrected chi connectivity index (χ0v) is 11.0. The van der Waals surface area contributed by atoms with Crippen LogP contribution >= 0.6 is 0 Å². The third-order valence-electron chi connectivity index (χ3n) is 3.29. The first-order valence-corrected chi connectivity index (χ1v) is 6.23. The molecule has 0 spiro atoms. The van der Waals surface area contributed by atoms with Crippen molar-refractivity contribution in [1.82, 2.24) is 4.90 Å². The maximum absolute atomic E-state index is 6.02. The van der Waals surface area contributed by atoms with Gasteiger partial charge < -0.3 is 14.4 Å². The van der Waals surface area contributed by atoms with Crippen LogP contribution in [-0.4, -0.2) is 38.3 Å².